The average Bonchev–Trinajstić information content (AvgIpc) is 3.18. The number of imide groups is 1. The van der Waals surface area contributed by atoms with Crippen molar-refractivity contribution in [3.8, 4) is 11.5 Å². The predicted octanol–water partition coefficient (Wildman–Crippen LogP) is 2.43. The second-order valence-electron chi connectivity index (χ2n) is 8.91. The van der Waals surface area contributed by atoms with Gasteiger partial charge in [-0.1, -0.05) is 24.8 Å². The van der Waals surface area contributed by atoms with Crippen LogP contribution in [0.5, 0.6) is 11.5 Å². The van der Waals surface area contributed by atoms with Crippen LogP contribution in [0.25, 0.3) is 12.2 Å². The number of aromatic carboxylic acids is 1. The molecular formula is C28H22N2O7. The number of ether oxygens (including phenoxy) is 1. The number of benzene rings is 3. The normalized spacial score (nSPS) is 14.1. The Kier molecular flexibility index (Phi) is 5.75. The molecule has 1 N–H and O–H groups in total. The molecule has 3 aromatic carbocycles. The van der Waals surface area contributed by atoms with Crippen molar-refractivity contribution >= 4 is 41.6 Å². The van der Waals surface area contributed by atoms with Crippen LogP contribution in [0, 0.1) is 0 Å². The van der Waals surface area contributed by atoms with Crippen molar-refractivity contribution in [1.82, 2.24) is 5.06 Å². The third-order valence-electron chi connectivity index (χ3n) is 6.22. The zero-order chi connectivity index (χ0) is 26.4. The van der Waals surface area contributed by atoms with Crippen molar-refractivity contribution in [1.29, 1.82) is 0 Å². The molecule has 2 heterocycles. The molecule has 9 nitrogen and oxygen atoms in total. The Balaban J connectivity index is 1.67. The van der Waals surface area contributed by atoms with Crippen molar-refractivity contribution in [2.45, 2.75) is 12.8 Å². The molecule has 0 radical (unpaired) electrons. The largest absolute Gasteiger partial charge is 0.478 e. The summed E-state index contributed by atoms with van der Waals surface area (Å²) in [6.45, 7) is 3.96. The van der Waals surface area contributed by atoms with E-state index in [1.165, 1.54) is 18.2 Å². The molecular weight excluding hydrogens is 476 g/mol. The Morgan fingerprint density at radius 2 is 1.65 bits per heavy atom. The maximum Gasteiger partial charge on any atom is 0.363 e. The Morgan fingerprint density at radius 1 is 0.946 bits per heavy atom. The van der Waals surface area contributed by atoms with Gasteiger partial charge in [-0.2, -0.15) is 0 Å². The number of carbonyl (C=O) groups is 4. The van der Waals surface area contributed by atoms with Crippen LogP contribution in [-0.2, 0) is 14.4 Å². The molecule has 1 saturated heterocycles. The van der Waals surface area contributed by atoms with E-state index in [1.54, 1.807) is 12.1 Å². The Labute approximate surface area is 211 Å². The molecule has 3 aromatic rings. The minimum absolute atomic E-state index is 0.0465. The lowest BCUT2D eigenvalue weighted by Crippen LogP contribution is -2.32. The summed E-state index contributed by atoms with van der Waals surface area (Å²) in [5.41, 5.74) is 2.28. The van der Waals surface area contributed by atoms with Gasteiger partial charge in [-0.05, 0) is 41.1 Å². The van der Waals surface area contributed by atoms with Crippen molar-refractivity contribution in [3.05, 3.63) is 87.3 Å². The van der Waals surface area contributed by atoms with E-state index in [0.29, 0.717) is 38.5 Å². The standard InChI is InChI=1S/C28H22N2O7/c1-15-4-7-19-22(12-15)36-23-14-17(29(2)3)6-9-20(23)26(19)18-8-5-16(13-21(18)27(33)34)28(35)37-30-24(31)10-11-25(30)32/h4-9,12-14H,1,10-11H2,2-3H3,(H,33,34). The van der Waals surface area contributed by atoms with Crippen molar-refractivity contribution in [2.75, 3.05) is 19.0 Å². The molecule has 0 atom stereocenters. The molecule has 37 heavy (non-hydrogen) atoms. The molecule has 2 amide bonds. The summed E-state index contributed by atoms with van der Waals surface area (Å²) < 4.78 is 6.18. The first-order valence-corrected chi connectivity index (χ1v) is 11.4. The number of hydroxylamine groups is 2. The minimum Gasteiger partial charge on any atom is -0.478 e. The van der Waals surface area contributed by atoms with E-state index >= 15 is 0 Å². The van der Waals surface area contributed by atoms with Gasteiger partial charge in [0.1, 0.15) is 11.5 Å². The smallest absolute Gasteiger partial charge is 0.363 e. The van der Waals surface area contributed by atoms with Gasteiger partial charge in [0.15, 0.2) is 0 Å². The van der Waals surface area contributed by atoms with E-state index in [9.17, 15) is 24.3 Å². The topological polar surface area (TPSA) is 113 Å². The van der Waals surface area contributed by atoms with Crippen molar-refractivity contribution in [3.63, 3.8) is 0 Å². The first-order chi connectivity index (χ1) is 17.6. The van der Waals surface area contributed by atoms with Crippen LogP contribution in [0.15, 0.2) is 54.6 Å². The fourth-order valence-corrected chi connectivity index (χ4v) is 4.35. The number of anilines is 1. The number of carboxylic acids is 1. The molecule has 0 aliphatic carbocycles. The van der Waals surface area contributed by atoms with E-state index in [-0.39, 0.29) is 24.0 Å². The Hall–Kier alpha value is -4.92. The van der Waals surface area contributed by atoms with Gasteiger partial charge in [-0.25, -0.2) is 9.59 Å². The monoisotopic (exact) mass is 498 g/mol. The van der Waals surface area contributed by atoms with E-state index in [0.717, 1.165) is 10.9 Å². The zero-order valence-corrected chi connectivity index (χ0v) is 20.1. The fourth-order valence-electron chi connectivity index (χ4n) is 4.35. The van der Waals surface area contributed by atoms with Gasteiger partial charge in [-0.15, -0.1) is 5.06 Å². The third kappa shape index (κ3) is 4.20. The highest BCUT2D eigenvalue weighted by molar-refractivity contribution is 6.04. The first kappa shape index (κ1) is 23.8. The van der Waals surface area contributed by atoms with Crippen LogP contribution >= 0.6 is 0 Å². The molecule has 0 aromatic heterocycles. The Bertz CT molecular complexity index is 1610. The molecule has 5 rings (SSSR count). The molecule has 2 aliphatic heterocycles. The molecule has 0 saturated carbocycles. The quantitative estimate of drug-likeness (QED) is 0.418. The number of nitrogens with zero attached hydrogens (tertiary/aromatic N) is 2. The summed E-state index contributed by atoms with van der Waals surface area (Å²) in [7, 11) is 3.81. The van der Waals surface area contributed by atoms with E-state index in [4.69, 9.17) is 9.57 Å². The van der Waals surface area contributed by atoms with Gasteiger partial charge in [-0.3, -0.25) is 9.59 Å². The number of carboxylic acid groups (broad SMARTS) is 1. The summed E-state index contributed by atoms with van der Waals surface area (Å²) in [5, 5.41) is 11.9. The molecule has 1 fully saturated rings. The highest BCUT2D eigenvalue weighted by Gasteiger charge is 2.33. The molecule has 2 aliphatic rings. The van der Waals surface area contributed by atoms with Crippen molar-refractivity contribution in [2.24, 2.45) is 0 Å². The summed E-state index contributed by atoms with van der Waals surface area (Å²) in [6.07, 6.45) is -0.0929. The lowest BCUT2D eigenvalue weighted by Gasteiger charge is -2.24. The maximum atomic E-state index is 12.7. The molecule has 0 spiro atoms. The summed E-state index contributed by atoms with van der Waals surface area (Å²) >= 11 is 0. The van der Waals surface area contributed by atoms with Gasteiger partial charge < -0.3 is 19.6 Å². The maximum absolute atomic E-state index is 12.7. The van der Waals surface area contributed by atoms with Crippen LogP contribution in [0.1, 0.15) is 44.7 Å². The van der Waals surface area contributed by atoms with Gasteiger partial charge >= 0.3 is 11.9 Å². The molecule has 0 unspecified atom stereocenters. The van der Waals surface area contributed by atoms with Gasteiger partial charge in [0.05, 0.1) is 11.1 Å². The SMILES string of the molecule is C=c1ccc2c(c1)Oc1cc(N(C)C)ccc1C=2c1ccc(C(=O)ON2C(=O)CCC2=O)cc1C(=O)O. The van der Waals surface area contributed by atoms with E-state index < -0.39 is 23.8 Å². The highest BCUT2D eigenvalue weighted by Crippen LogP contribution is 2.39. The van der Waals surface area contributed by atoms with Gasteiger partial charge in [0, 0.05) is 55.0 Å². The molecule has 0 bridgehead atoms. The van der Waals surface area contributed by atoms with E-state index in [2.05, 4.69) is 6.58 Å². The molecule has 9 heteroatoms. The van der Waals surface area contributed by atoms with Crippen LogP contribution in [0.2, 0.25) is 0 Å². The number of fused-ring (bicyclic) bond motifs is 2. The van der Waals surface area contributed by atoms with Crippen LogP contribution < -0.4 is 20.1 Å². The van der Waals surface area contributed by atoms with Crippen LogP contribution in [0.3, 0.4) is 0 Å². The number of amides is 2. The number of carbonyl (C=O) groups excluding carboxylic acids is 3. The summed E-state index contributed by atoms with van der Waals surface area (Å²) in [4.78, 5) is 55.6. The second kappa shape index (κ2) is 8.94. The van der Waals surface area contributed by atoms with E-state index in [1.807, 2.05) is 43.3 Å². The number of hydrogen-bond donors (Lipinski definition) is 1. The highest BCUT2D eigenvalue weighted by atomic mass is 16.7. The van der Waals surface area contributed by atoms with Crippen molar-refractivity contribution < 1.29 is 33.9 Å². The van der Waals surface area contributed by atoms with Crippen LogP contribution in [0.4, 0.5) is 5.69 Å². The third-order valence-corrected chi connectivity index (χ3v) is 6.22. The second-order valence-corrected chi connectivity index (χ2v) is 8.91. The van der Waals surface area contributed by atoms with Crippen LogP contribution in [-0.4, -0.2) is 48.0 Å². The van der Waals surface area contributed by atoms with Gasteiger partial charge in [0.2, 0.25) is 0 Å². The zero-order valence-electron chi connectivity index (χ0n) is 20.1. The minimum atomic E-state index is -1.27. The number of rotatable bonds is 5. The fraction of sp³-hybridized carbons (Fsp3) is 0.143. The lowest BCUT2D eigenvalue weighted by molar-refractivity contribution is -0.172. The number of hydrogen-bond acceptors (Lipinski definition) is 7. The predicted molar refractivity (Wildman–Crippen MR) is 134 cm³/mol. The molecule has 186 valence electrons. The summed E-state index contributed by atoms with van der Waals surface area (Å²) in [5.74, 6) is -2.45. The first-order valence-electron chi connectivity index (χ1n) is 11.4. The lowest BCUT2D eigenvalue weighted by atomic mass is 9.88. The summed E-state index contributed by atoms with van der Waals surface area (Å²) in [6, 6.07) is 15.1. The average molecular weight is 498 g/mol. The van der Waals surface area contributed by atoms with Gasteiger partial charge in [0.25, 0.3) is 11.8 Å². The Morgan fingerprint density at radius 3 is 2.32 bits per heavy atom.